The Balaban J connectivity index is 3.85. The smallest absolute Gasteiger partial charge is 0.333 e. The van der Waals surface area contributed by atoms with E-state index in [1.54, 1.807) is 7.11 Å². The van der Waals surface area contributed by atoms with Crippen molar-refractivity contribution in [2.24, 2.45) is 0 Å². The van der Waals surface area contributed by atoms with Crippen LogP contribution >= 0.6 is 0 Å². The number of carboxylic acid groups (broad SMARTS) is 1. The van der Waals surface area contributed by atoms with Crippen LogP contribution in [0.2, 0.25) is 0 Å². The van der Waals surface area contributed by atoms with Gasteiger partial charge >= 0.3 is 5.97 Å². The first-order chi connectivity index (χ1) is 7.63. The van der Waals surface area contributed by atoms with Crippen molar-refractivity contribution < 1.29 is 24.1 Å². The van der Waals surface area contributed by atoms with Gasteiger partial charge in [0.05, 0.1) is 24.9 Å². The molecular weight excluding hydrogens is 212 g/mol. The number of hydrogen-bond acceptors (Lipinski definition) is 4. The van der Waals surface area contributed by atoms with Crippen molar-refractivity contribution in [3.05, 3.63) is 12.2 Å². The second-order valence-electron chi connectivity index (χ2n) is 3.29. The minimum atomic E-state index is -1.03. The van der Waals surface area contributed by atoms with Gasteiger partial charge in [0.1, 0.15) is 6.79 Å². The normalized spacial score (nSPS) is 12.4. The molecule has 0 aliphatic carbocycles. The zero-order valence-electron chi connectivity index (χ0n) is 9.90. The van der Waals surface area contributed by atoms with Crippen molar-refractivity contribution in [2.75, 3.05) is 27.1 Å². The van der Waals surface area contributed by atoms with Crippen molar-refractivity contribution in [3.8, 4) is 0 Å². The zero-order chi connectivity index (χ0) is 12.4. The van der Waals surface area contributed by atoms with Crippen molar-refractivity contribution >= 4 is 5.97 Å². The Morgan fingerprint density at radius 1 is 1.44 bits per heavy atom. The van der Waals surface area contributed by atoms with Crippen molar-refractivity contribution in [2.45, 2.75) is 25.9 Å². The van der Waals surface area contributed by atoms with Crippen LogP contribution in [0.4, 0.5) is 0 Å². The lowest BCUT2D eigenvalue weighted by atomic mass is 10.1. The summed E-state index contributed by atoms with van der Waals surface area (Å²) in [6.45, 7) is 6.41. The molecule has 0 aliphatic rings. The highest BCUT2D eigenvalue weighted by atomic mass is 16.7. The third-order valence-corrected chi connectivity index (χ3v) is 2.00. The highest BCUT2D eigenvalue weighted by Crippen LogP contribution is 2.11. The molecule has 94 valence electrons. The molecule has 5 heteroatoms. The van der Waals surface area contributed by atoms with Gasteiger partial charge in [-0.3, -0.25) is 0 Å². The summed E-state index contributed by atoms with van der Waals surface area (Å²) >= 11 is 0. The van der Waals surface area contributed by atoms with Crippen molar-refractivity contribution in [3.63, 3.8) is 0 Å². The van der Waals surface area contributed by atoms with Crippen LogP contribution in [0.15, 0.2) is 12.2 Å². The molecule has 0 heterocycles. The number of hydrogen-bond donors (Lipinski definition) is 1. The fourth-order valence-electron chi connectivity index (χ4n) is 1.09. The van der Waals surface area contributed by atoms with Gasteiger partial charge < -0.3 is 19.3 Å². The fourth-order valence-corrected chi connectivity index (χ4v) is 1.09. The van der Waals surface area contributed by atoms with Gasteiger partial charge in [0.2, 0.25) is 0 Å². The van der Waals surface area contributed by atoms with Crippen LogP contribution in [0.1, 0.15) is 19.8 Å². The molecule has 0 aromatic heterocycles. The maximum Gasteiger partial charge on any atom is 0.333 e. The molecule has 0 rings (SSSR count). The first-order valence-electron chi connectivity index (χ1n) is 5.23. The van der Waals surface area contributed by atoms with Gasteiger partial charge in [0, 0.05) is 7.11 Å². The predicted molar refractivity (Wildman–Crippen MR) is 59.3 cm³/mol. The van der Waals surface area contributed by atoms with Crippen LogP contribution in [0.25, 0.3) is 0 Å². The van der Waals surface area contributed by atoms with E-state index in [0.717, 1.165) is 6.42 Å². The molecule has 0 radical (unpaired) electrons. The molecule has 16 heavy (non-hydrogen) atoms. The van der Waals surface area contributed by atoms with Crippen molar-refractivity contribution in [1.82, 2.24) is 0 Å². The van der Waals surface area contributed by atoms with E-state index in [4.69, 9.17) is 19.3 Å². The number of carboxylic acids is 1. The third kappa shape index (κ3) is 6.55. The molecule has 0 saturated carbocycles. The Morgan fingerprint density at radius 2 is 2.12 bits per heavy atom. The molecule has 0 aliphatic heterocycles. The van der Waals surface area contributed by atoms with Gasteiger partial charge in [0.25, 0.3) is 0 Å². The fraction of sp³-hybridized carbons (Fsp3) is 0.727. The average Bonchev–Trinajstić information content (AvgIpc) is 2.26. The maximum atomic E-state index is 10.7. The molecule has 0 saturated heterocycles. The van der Waals surface area contributed by atoms with Gasteiger partial charge in [0.15, 0.2) is 0 Å². The Kier molecular flexibility index (Phi) is 8.80. The molecule has 1 N–H and O–H groups in total. The van der Waals surface area contributed by atoms with Crippen LogP contribution in [0.5, 0.6) is 0 Å². The summed E-state index contributed by atoms with van der Waals surface area (Å²) in [5.74, 6) is -1.03. The van der Waals surface area contributed by atoms with E-state index < -0.39 is 12.1 Å². The van der Waals surface area contributed by atoms with E-state index in [1.165, 1.54) is 0 Å². The molecule has 0 amide bonds. The number of methoxy groups -OCH3 is 1. The highest BCUT2D eigenvalue weighted by molar-refractivity contribution is 5.86. The van der Waals surface area contributed by atoms with E-state index in [1.807, 2.05) is 6.92 Å². The average molecular weight is 232 g/mol. The zero-order valence-corrected chi connectivity index (χ0v) is 9.90. The number of ether oxygens (including phenoxy) is 3. The van der Waals surface area contributed by atoms with E-state index in [0.29, 0.717) is 19.6 Å². The van der Waals surface area contributed by atoms with Gasteiger partial charge in [-0.15, -0.1) is 0 Å². The minimum Gasteiger partial charge on any atom is -0.478 e. The highest BCUT2D eigenvalue weighted by Gasteiger charge is 2.18. The second kappa shape index (κ2) is 9.33. The van der Waals surface area contributed by atoms with Gasteiger partial charge in [-0.25, -0.2) is 4.79 Å². The Hall–Kier alpha value is -0.910. The van der Waals surface area contributed by atoms with Crippen LogP contribution in [0.3, 0.4) is 0 Å². The number of aliphatic carboxylic acids is 1. The largest absolute Gasteiger partial charge is 0.478 e. The van der Waals surface area contributed by atoms with E-state index in [-0.39, 0.29) is 12.4 Å². The molecule has 5 nitrogen and oxygen atoms in total. The first-order valence-corrected chi connectivity index (χ1v) is 5.23. The van der Waals surface area contributed by atoms with Crippen molar-refractivity contribution in [1.29, 1.82) is 0 Å². The predicted octanol–water partition coefficient (Wildman–Crippen LogP) is 1.43. The summed E-state index contributed by atoms with van der Waals surface area (Å²) in [7, 11) is 1.58. The summed E-state index contributed by atoms with van der Waals surface area (Å²) in [6, 6.07) is 0. The van der Waals surface area contributed by atoms with E-state index in [9.17, 15) is 4.79 Å². The lowest BCUT2D eigenvalue weighted by Crippen LogP contribution is -2.22. The minimum absolute atomic E-state index is 0.0559. The van der Waals surface area contributed by atoms with Gasteiger partial charge in [-0.2, -0.15) is 0 Å². The molecular formula is C11H20O5. The third-order valence-electron chi connectivity index (χ3n) is 2.00. The van der Waals surface area contributed by atoms with Crippen LogP contribution in [-0.2, 0) is 19.0 Å². The molecule has 1 atom stereocenters. The second-order valence-corrected chi connectivity index (χ2v) is 3.29. The molecule has 0 fully saturated rings. The molecule has 0 aromatic carbocycles. The Bertz CT molecular complexity index is 214. The maximum absolute atomic E-state index is 10.7. The molecule has 0 spiro atoms. The van der Waals surface area contributed by atoms with Gasteiger partial charge in [-0.1, -0.05) is 19.9 Å². The molecule has 0 bridgehead atoms. The number of carbonyl (C=O) groups is 1. The van der Waals surface area contributed by atoms with Gasteiger partial charge in [-0.05, 0) is 6.42 Å². The van der Waals surface area contributed by atoms with Crippen LogP contribution in [0, 0.1) is 0 Å². The summed E-state index contributed by atoms with van der Waals surface area (Å²) in [4.78, 5) is 10.7. The SMILES string of the molecule is C=C(C(=O)O)C(CCC)OCOCCOC. The summed E-state index contributed by atoms with van der Waals surface area (Å²) < 4.78 is 15.2. The van der Waals surface area contributed by atoms with Crippen LogP contribution < -0.4 is 0 Å². The van der Waals surface area contributed by atoms with Crippen LogP contribution in [-0.4, -0.2) is 44.3 Å². The van der Waals surface area contributed by atoms with E-state index >= 15 is 0 Å². The topological polar surface area (TPSA) is 65.0 Å². The Morgan fingerprint density at radius 3 is 2.62 bits per heavy atom. The van der Waals surface area contributed by atoms with E-state index in [2.05, 4.69) is 6.58 Å². The lowest BCUT2D eigenvalue weighted by Gasteiger charge is -2.17. The summed E-state index contributed by atoms with van der Waals surface area (Å²) in [5, 5.41) is 8.78. The lowest BCUT2D eigenvalue weighted by molar-refractivity contribution is -0.136. The quantitative estimate of drug-likeness (QED) is 0.351. The summed E-state index contributed by atoms with van der Waals surface area (Å²) in [5.41, 5.74) is 0.0668. The first kappa shape index (κ1) is 15.1. The summed E-state index contributed by atoms with van der Waals surface area (Å²) in [6.07, 6.45) is 0.971. The number of rotatable bonds is 10. The standard InChI is InChI=1S/C11H20O5/c1-4-5-10(9(2)11(12)13)16-8-15-7-6-14-3/h10H,2,4-8H2,1,3H3,(H,12,13). The monoisotopic (exact) mass is 232 g/mol. The molecule has 0 aromatic rings. The molecule has 1 unspecified atom stereocenters. The Labute approximate surface area is 96.0 Å².